The van der Waals surface area contributed by atoms with Gasteiger partial charge in [0, 0.05) is 37.1 Å². The summed E-state index contributed by atoms with van der Waals surface area (Å²) in [6.45, 7) is 3.21. The minimum atomic E-state index is -4.94. The summed E-state index contributed by atoms with van der Waals surface area (Å²) in [6, 6.07) is 5.57. The molecule has 59 heavy (non-hydrogen) atoms. The van der Waals surface area contributed by atoms with Crippen LogP contribution in [0.4, 0.5) is 36.4 Å². The van der Waals surface area contributed by atoms with Gasteiger partial charge in [-0.25, -0.2) is 28.1 Å². The predicted molar refractivity (Wildman–Crippen MR) is 198 cm³/mol. The van der Waals surface area contributed by atoms with Gasteiger partial charge in [-0.05, 0) is 49.9 Å². The summed E-state index contributed by atoms with van der Waals surface area (Å²) in [5.41, 5.74) is -5.72. The Morgan fingerprint density at radius 1 is 1.00 bits per heavy atom. The van der Waals surface area contributed by atoms with Gasteiger partial charge in [0.15, 0.2) is 11.6 Å². The van der Waals surface area contributed by atoms with Crippen molar-refractivity contribution in [2.75, 3.05) is 19.0 Å². The topological polar surface area (TPSA) is 165 Å². The molecule has 1 aliphatic heterocycles. The first-order chi connectivity index (χ1) is 27.7. The standard InChI is InChI=1S/C40H42F7N5O7/c1-22(53)17-23(37(57)58)9-5-4-8-16-59-29-13-10-24(32(41)33(29)42)20-52-36(56)31(34(54)39(51(52)3)14-6-7-15-39)35(55)50-27-12-11-25(38(2,43)44)18-26(27)28-19-30(40(45,46)47)49-21-48-28/h10-13,18-19,21,23,53-54H,1,4-9,14-17,20H2,2-3H3,(H,50,55)(H,57,58)/t23-/m0/s1. The highest BCUT2D eigenvalue weighted by Crippen LogP contribution is 2.45. The fourth-order valence-corrected chi connectivity index (χ4v) is 7.28. The van der Waals surface area contributed by atoms with Crippen molar-refractivity contribution in [1.29, 1.82) is 0 Å². The van der Waals surface area contributed by atoms with E-state index in [2.05, 4.69) is 21.9 Å². The maximum atomic E-state index is 15.6. The lowest BCUT2D eigenvalue weighted by atomic mass is 9.88. The number of aliphatic carboxylic acids is 1. The van der Waals surface area contributed by atoms with E-state index in [4.69, 9.17) is 4.74 Å². The number of carbonyl (C=O) groups is 3. The van der Waals surface area contributed by atoms with Crippen molar-refractivity contribution in [3.05, 3.63) is 94.9 Å². The molecular weight excluding hydrogens is 795 g/mol. The van der Waals surface area contributed by atoms with Crippen LogP contribution in [0.3, 0.4) is 0 Å². The summed E-state index contributed by atoms with van der Waals surface area (Å²) in [5.74, 6) is -11.8. The summed E-state index contributed by atoms with van der Waals surface area (Å²) in [5, 5.41) is 34.9. The minimum absolute atomic E-state index is 0.0371. The Balaban J connectivity index is 1.38. The predicted octanol–water partition coefficient (Wildman–Crippen LogP) is 8.61. The fourth-order valence-electron chi connectivity index (χ4n) is 7.28. The number of aliphatic hydroxyl groups excluding tert-OH is 2. The summed E-state index contributed by atoms with van der Waals surface area (Å²) in [6.07, 6.45) is -1.30. The van der Waals surface area contributed by atoms with Crippen molar-refractivity contribution in [3.63, 3.8) is 0 Å². The third kappa shape index (κ3) is 9.77. The van der Waals surface area contributed by atoms with Gasteiger partial charge in [0.05, 0.1) is 41.7 Å². The number of rotatable bonds is 16. The monoisotopic (exact) mass is 837 g/mol. The molecule has 3 aromatic rings. The van der Waals surface area contributed by atoms with E-state index in [1.54, 1.807) is 0 Å². The van der Waals surface area contributed by atoms with Crippen LogP contribution in [0.15, 0.2) is 66.4 Å². The zero-order valence-electron chi connectivity index (χ0n) is 32.0. The zero-order valence-corrected chi connectivity index (χ0v) is 32.0. The van der Waals surface area contributed by atoms with Gasteiger partial charge in [0.1, 0.15) is 23.4 Å². The third-order valence-corrected chi connectivity index (χ3v) is 10.5. The number of aliphatic hydroxyl groups is 2. The number of hydrogen-bond acceptors (Lipinski definition) is 9. The largest absolute Gasteiger partial charge is 0.513 e. The van der Waals surface area contributed by atoms with Crippen LogP contribution in [0.25, 0.3) is 11.3 Å². The lowest BCUT2D eigenvalue weighted by Gasteiger charge is -2.48. The van der Waals surface area contributed by atoms with E-state index in [9.17, 15) is 51.7 Å². The van der Waals surface area contributed by atoms with Crippen molar-refractivity contribution in [2.45, 2.75) is 88.9 Å². The number of allylic oxidation sites excluding steroid dienone is 1. The Kier molecular flexibility index (Phi) is 13.3. The number of nitrogens with one attached hydrogen (secondary N) is 1. The average Bonchev–Trinajstić information content (AvgIpc) is 3.66. The molecule has 0 radical (unpaired) electrons. The number of nitrogens with zero attached hydrogens (tertiary/aromatic N) is 4. The van der Waals surface area contributed by atoms with Crippen LogP contribution >= 0.6 is 0 Å². The van der Waals surface area contributed by atoms with E-state index in [1.165, 1.54) is 18.1 Å². The van der Waals surface area contributed by atoms with Gasteiger partial charge in [-0.3, -0.25) is 19.4 Å². The van der Waals surface area contributed by atoms with Crippen molar-refractivity contribution >= 4 is 23.5 Å². The molecule has 4 N–H and O–H groups in total. The number of anilines is 1. The number of ether oxygens (including phenoxy) is 1. The molecule has 0 saturated heterocycles. The molecule has 19 heteroatoms. The molecule has 1 atom stereocenters. The van der Waals surface area contributed by atoms with Crippen LogP contribution in [-0.4, -0.2) is 72.3 Å². The Labute approximate surface area is 334 Å². The van der Waals surface area contributed by atoms with E-state index in [0.717, 1.165) is 29.3 Å². The van der Waals surface area contributed by atoms with Crippen LogP contribution < -0.4 is 10.1 Å². The molecule has 2 amide bonds. The molecule has 2 aliphatic rings. The molecule has 1 fully saturated rings. The molecule has 2 heterocycles. The SMILES string of the molecule is C=C(O)C[C@H](CCCCCOc1ccc(CN2C(=O)C(C(=O)Nc3ccc(C(C)(F)F)cc3-c3cc(C(F)(F)F)ncn3)=C(O)C3(CCCC3)N2C)c(F)c1F)C(=O)O. The van der Waals surface area contributed by atoms with Crippen molar-refractivity contribution in [3.8, 4) is 17.0 Å². The number of hydrazine groups is 1. The van der Waals surface area contributed by atoms with Crippen LogP contribution in [0, 0.1) is 17.6 Å². The molecule has 1 aromatic heterocycles. The van der Waals surface area contributed by atoms with E-state index in [0.29, 0.717) is 51.4 Å². The lowest BCUT2D eigenvalue weighted by molar-refractivity contribution is -0.163. The first kappa shape index (κ1) is 44.4. The highest BCUT2D eigenvalue weighted by molar-refractivity contribution is 6.24. The number of carboxylic acid groups (broad SMARTS) is 1. The van der Waals surface area contributed by atoms with E-state index in [1.807, 2.05) is 0 Å². The number of aromatic nitrogens is 2. The van der Waals surface area contributed by atoms with Crippen molar-refractivity contribution in [2.24, 2.45) is 5.92 Å². The Hall–Kier alpha value is -5.72. The summed E-state index contributed by atoms with van der Waals surface area (Å²) in [7, 11) is 1.44. The van der Waals surface area contributed by atoms with Crippen LogP contribution in [-0.2, 0) is 33.0 Å². The van der Waals surface area contributed by atoms with Gasteiger partial charge in [0.25, 0.3) is 17.7 Å². The highest BCUT2D eigenvalue weighted by Gasteiger charge is 2.53. The second-order valence-electron chi connectivity index (χ2n) is 14.6. The molecule has 0 unspecified atom stereocenters. The number of carboxylic acids is 1. The normalized spacial score (nSPS) is 16.4. The summed E-state index contributed by atoms with van der Waals surface area (Å²) in [4.78, 5) is 46.5. The number of amides is 2. The number of alkyl halides is 5. The maximum Gasteiger partial charge on any atom is 0.433 e. The fraction of sp³-hybridized carbons (Fsp3) is 0.425. The number of carbonyl (C=O) groups excluding carboxylic acids is 2. The zero-order chi connectivity index (χ0) is 43.4. The third-order valence-electron chi connectivity index (χ3n) is 10.5. The van der Waals surface area contributed by atoms with Crippen molar-refractivity contribution < 1.29 is 65.2 Å². The van der Waals surface area contributed by atoms with E-state index >= 15 is 8.78 Å². The van der Waals surface area contributed by atoms with Gasteiger partial charge >= 0.3 is 12.1 Å². The summed E-state index contributed by atoms with van der Waals surface area (Å²) >= 11 is 0. The molecule has 2 aromatic carbocycles. The summed E-state index contributed by atoms with van der Waals surface area (Å²) < 4.78 is 106. The van der Waals surface area contributed by atoms with E-state index in [-0.39, 0.29) is 54.9 Å². The lowest BCUT2D eigenvalue weighted by Crippen LogP contribution is -2.62. The highest BCUT2D eigenvalue weighted by atomic mass is 19.4. The molecular formula is C40H42F7N5O7. The second-order valence-corrected chi connectivity index (χ2v) is 14.6. The second kappa shape index (κ2) is 17.6. The van der Waals surface area contributed by atoms with Gasteiger partial charge in [-0.2, -0.15) is 17.6 Å². The van der Waals surface area contributed by atoms with Crippen LogP contribution in [0.1, 0.15) is 81.5 Å². The van der Waals surface area contributed by atoms with Gasteiger partial charge in [0.2, 0.25) is 5.82 Å². The molecule has 1 spiro atoms. The smallest absolute Gasteiger partial charge is 0.433 e. The Morgan fingerprint density at radius 3 is 2.32 bits per heavy atom. The molecule has 318 valence electrons. The Bertz CT molecular complexity index is 2130. The minimum Gasteiger partial charge on any atom is -0.513 e. The van der Waals surface area contributed by atoms with Crippen LogP contribution in [0.5, 0.6) is 5.75 Å². The molecule has 1 aliphatic carbocycles. The first-order valence-electron chi connectivity index (χ1n) is 18.6. The molecule has 12 nitrogen and oxygen atoms in total. The Morgan fingerprint density at radius 2 is 1.69 bits per heavy atom. The number of unbranched alkanes of at least 4 members (excludes halogenated alkanes) is 2. The number of likely N-dealkylation sites (N-methyl/N-ethyl adjacent to an activating group) is 1. The molecule has 1 saturated carbocycles. The van der Waals surface area contributed by atoms with Gasteiger partial charge in [-0.1, -0.05) is 44.4 Å². The first-order valence-corrected chi connectivity index (χ1v) is 18.6. The number of halogens is 7. The van der Waals surface area contributed by atoms with Crippen LogP contribution in [0.2, 0.25) is 0 Å². The molecule has 5 rings (SSSR count). The average molecular weight is 838 g/mol. The molecule has 0 bridgehead atoms. The quantitative estimate of drug-likeness (QED) is 0.0475. The van der Waals surface area contributed by atoms with E-state index < -0.39 is 93.6 Å². The maximum absolute atomic E-state index is 15.6. The van der Waals surface area contributed by atoms with Gasteiger partial charge < -0.3 is 25.4 Å². The number of hydrogen-bond donors (Lipinski definition) is 4. The van der Waals surface area contributed by atoms with Gasteiger partial charge in [-0.15, -0.1) is 0 Å². The number of benzene rings is 2. The van der Waals surface area contributed by atoms with Crippen molar-refractivity contribution in [1.82, 2.24) is 20.0 Å².